The molecule has 0 fully saturated rings. The molecule has 1 heterocycles. The maximum atomic E-state index is 9.72. The number of nitriles is 1. The second-order valence-electron chi connectivity index (χ2n) is 12.5. The lowest BCUT2D eigenvalue weighted by Gasteiger charge is -2.35. The van der Waals surface area contributed by atoms with Crippen LogP contribution in [-0.2, 0) is 17.6 Å². The van der Waals surface area contributed by atoms with Gasteiger partial charge in [0.15, 0.2) is 0 Å². The van der Waals surface area contributed by atoms with Crippen LogP contribution in [0.25, 0.3) is 32.5 Å². The highest BCUT2D eigenvalue weighted by molar-refractivity contribution is 6.04. The molecule has 0 saturated heterocycles. The Morgan fingerprint density at radius 1 is 0.688 bits per heavy atom. The maximum absolute atomic E-state index is 9.72. The van der Waals surface area contributed by atoms with Crippen molar-refractivity contribution in [2.45, 2.75) is 24.9 Å². The Labute approximate surface area is 280 Å². The molecule has 0 atom stereocenters. The standard InChI is InChI=1S/C44H31N3O/c1-46-41(30-45)36-26-38(48-44(29-36)27-34-12-2-3-13-35(34)28-44)25-22-31-20-23-37(24-21-31)47(42-18-8-14-32-10-4-6-16-39(32)42)43-19-9-15-33-11-5-7-17-40(33)43/h2-26H,27-29H2/b25-22+,41-36-. The molecule has 4 nitrogen and oxygen atoms in total. The minimum Gasteiger partial charge on any atom is -0.486 e. The summed E-state index contributed by atoms with van der Waals surface area (Å²) in [6.07, 6.45) is 7.90. The summed E-state index contributed by atoms with van der Waals surface area (Å²) < 4.78 is 6.69. The molecule has 1 spiro atoms. The van der Waals surface area contributed by atoms with Crippen molar-refractivity contribution in [2.75, 3.05) is 4.90 Å². The van der Waals surface area contributed by atoms with Gasteiger partial charge in [0.05, 0.1) is 24.0 Å². The molecule has 48 heavy (non-hydrogen) atoms. The fraction of sp³-hybridized carbons (Fsp3) is 0.0909. The van der Waals surface area contributed by atoms with Crippen LogP contribution in [0, 0.1) is 17.9 Å². The number of hydrogen-bond acceptors (Lipinski definition) is 3. The number of benzene rings is 6. The first-order chi connectivity index (χ1) is 23.6. The molecule has 1 aliphatic heterocycles. The SMILES string of the molecule is [C-]#[N+]/C(C#N)=C1C=C(/C=C/c2ccc(N(c3cccc4ccccc34)c3cccc4ccccc34)cc2)OC2(C/1)Cc1ccccc1C2. The molecule has 0 unspecified atom stereocenters. The van der Waals surface area contributed by atoms with E-state index in [0.29, 0.717) is 12.2 Å². The van der Waals surface area contributed by atoms with Gasteiger partial charge in [-0.2, -0.15) is 0 Å². The third-order valence-corrected chi connectivity index (χ3v) is 9.44. The van der Waals surface area contributed by atoms with E-state index in [0.717, 1.165) is 41.0 Å². The van der Waals surface area contributed by atoms with Gasteiger partial charge in [-0.1, -0.05) is 115 Å². The van der Waals surface area contributed by atoms with Crippen molar-refractivity contribution in [3.05, 3.63) is 191 Å². The quantitative estimate of drug-likeness (QED) is 0.143. The average molecular weight is 618 g/mol. The van der Waals surface area contributed by atoms with Gasteiger partial charge in [0.25, 0.3) is 5.70 Å². The second kappa shape index (κ2) is 12.1. The molecule has 0 aromatic heterocycles. The van der Waals surface area contributed by atoms with Gasteiger partial charge in [-0.05, 0) is 69.5 Å². The molecule has 4 heteroatoms. The van der Waals surface area contributed by atoms with E-state index in [1.165, 1.54) is 32.7 Å². The minimum absolute atomic E-state index is 0.130. The first kappa shape index (κ1) is 29.1. The van der Waals surface area contributed by atoms with E-state index in [9.17, 15) is 5.26 Å². The maximum Gasteiger partial charge on any atom is 0.265 e. The molecule has 2 aliphatic rings. The van der Waals surface area contributed by atoms with Gasteiger partial charge in [0.2, 0.25) is 0 Å². The first-order valence-electron chi connectivity index (χ1n) is 16.2. The minimum atomic E-state index is -0.499. The molecule has 8 rings (SSSR count). The fourth-order valence-corrected chi connectivity index (χ4v) is 7.27. The summed E-state index contributed by atoms with van der Waals surface area (Å²) in [7, 11) is 0. The third-order valence-electron chi connectivity index (χ3n) is 9.44. The largest absolute Gasteiger partial charge is 0.486 e. The van der Waals surface area contributed by atoms with Crippen LogP contribution in [0.5, 0.6) is 0 Å². The van der Waals surface area contributed by atoms with E-state index in [-0.39, 0.29) is 5.70 Å². The molecular formula is C44H31N3O. The zero-order valence-corrected chi connectivity index (χ0v) is 26.3. The predicted molar refractivity (Wildman–Crippen MR) is 195 cm³/mol. The monoisotopic (exact) mass is 617 g/mol. The molecule has 6 aromatic carbocycles. The van der Waals surface area contributed by atoms with Crippen LogP contribution in [0.4, 0.5) is 17.1 Å². The van der Waals surface area contributed by atoms with Crippen molar-refractivity contribution < 1.29 is 4.74 Å². The van der Waals surface area contributed by atoms with Crippen LogP contribution < -0.4 is 4.90 Å². The number of nitrogens with zero attached hydrogens (tertiary/aromatic N) is 3. The van der Waals surface area contributed by atoms with Crippen LogP contribution in [-0.4, -0.2) is 5.60 Å². The van der Waals surface area contributed by atoms with Gasteiger partial charge in [-0.25, -0.2) is 10.1 Å². The van der Waals surface area contributed by atoms with Gasteiger partial charge >= 0.3 is 0 Å². The molecular weight excluding hydrogens is 587 g/mol. The Kier molecular flexibility index (Phi) is 7.33. The highest BCUT2D eigenvalue weighted by Gasteiger charge is 2.42. The fourth-order valence-electron chi connectivity index (χ4n) is 7.27. The van der Waals surface area contributed by atoms with Gasteiger partial charge in [0.1, 0.15) is 11.4 Å². The zero-order chi connectivity index (χ0) is 32.5. The van der Waals surface area contributed by atoms with E-state index in [4.69, 9.17) is 11.3 Å². The summed E-state index contributed by atoms with van der Waals surface area (Å²) in [4.78, 5) is 5.88. The lowest BCUT2D eigenvalue weighted by molar-refractivity contribution is 0.0108. The van der Waals surface area contributed by atoms with E-state index >= 15 is 0 Å². The molecule has 6 aromatic rings. The van der Waals surface area contributed by atoms with Crippen molar-refractivity contribution >= 4 is 44.7 Å². The normalized spacial score (nSPS) is 15.8. The Bertz CT molecular complexity index is 2250. The molecule has 0 N–H and O–H groups in total. The smallest absolute Gasteiger partial charge is 0.265 e. The number of fused-ring (bicyclic) bond motifs is 3. The lowest BCUT2D eigenvalue weighted by atomic mass is 9.87. The van der Waals surface area contributed by atoms with E-state index in [1.54, 1.807) is 0 Å². The van der Waals surface area contributed by atoms with Crippen molar-refractivity contribution in [3.8, 4) is 6.07 Å². The number of rotatable bonds is 5. The van der Waals surface area contributed by atoms with Gasteiger partial charge < -0.3 is 9.64 Å². The number of ether oxygens (including phenoxy) is 1. The summed E-state index contributed by atoms with van der Waals surface area (Å²) in [6.45, 7) is 7.61. The van der Waals surface area contributed by atoms with Crippen molar-refractivity contribution in [1.82, 2.24) is 0 Å². The summed E-state index contributed by atoms with van der Waals surface area (Å²) in [5.74, 6) is 0.665. The summed E-state index contributed by atoms with van der Waals surface area (Å²) in [6, 6.07) is 49.0. The van der Waals surface area contributed by atoms with Crippen LogP contribution in [0.2, 0.25) is 0 Å². The van der Waals surface area contributed by atoms with E-state index in [1.807, 2.05) is 18.2 Å². The first-order valence-corrected chi connectivity index (χ1v) is 16.2. The Morgan fingerprint density at radius 3 is 1.83 bits per heavy atom. The molecule has 228 valence electrons. The van der Waals surface area contributed by atoms with Gasteiger partial charge in [-0.15, -0.1) is 0 Å². The molecule has 1 aliphatic carbocycles. The number of hydrogen-bond donors (Lipinski definition) is 0. The zero-order valence-electron chi connectivity index (χ0n) is 26.3. The van der Waals surface area contributed by atoms with Crippen molar-refractivity contribution in [3.63, 3.8) is 0 Å². The average Bonchev–Trinajstić information content (AvgIpc) is 3.48. The van der Waals surface area contributed by atoms with Crippen LogP contribution in [0.15, 0.2) is 163 Å². The second-order valence-corrected chi connectivity index (χ2v) is 12.5. The number of anilines is 3. The Hall–Kier alpha value is -6.36. The topological polar surface area (TPSA) is 40.6 Å². The molecule has 0 radical (unpaired) electrons. The molecule has 0 amide bonds. The van der Waals surface area contributed by atoms with Crippen LogP contribution >= 0.6 is 0 Å². The van der Waals surface area contributed by atoms with Crippen LogP contribution in [0.3, 0.4) is 0 Å². The Morgan fingerprint density at radius 2 is 1.25 bits per heavy atom. The summed E-state index contributed by atoms with van der Waals surface area (Å²) in [5, 5.41) is 14.5. The van der Waals surface area contributed by atoms with Crippen molar-refractivity contribution in [1.29, 1.82) is 5.26 Å². The summed E-state index contributed by atoms with van der Waals surface area (Å²) in [5.41, 5.74) is 7.20. The highest BCUT2D eigenvalue weighted by Crippen LogP contribution is 2.44. The van der Waals surface area contributed by atoms with E-state index < -0.39 is 5.60 Å². The lowest BCUT2D eigenvalue weighted by Crippen LogP contribution is -2.36. The van der Waals surface area contributed by atoms with Gasteiger partial charge in [0, 0.05) is 35.7 Å². The Balaban J connectivity index is 1.16. The summed E-state index contributed by atoms with van der Waals surface area (Å²) >= 11 is 0. The van der Waals surface area contributed by atoms with Crippen molar-refractivity contribution in [2.24, 2.45) is 0 Å². The third kappa shape index (κ3) is 5.30. The highest BCUT2D eigenvalue weighted by atomic mass is 16.5. The van der Waals surface area contributed by atoms with E-state index in [2.05, 4.69) is 149 Å². The molecule has 0 bridgehead atoms. The van der Waals surface area contributed by atoms with Crippen LogP contribution in [0.1, 0.15) is 23.1 Å². The molecule has 0 saturated carbocycles. The van der Waals surface area contributed by atoms with Gasteiger partial charge in [-0.3, -0.25) is 0 Å². The number of allylic oxidation sites excluding steroid dienone is 3. The predicted octanol–water partition coefficient (Wildman–Crippen LogP) is 11.0.